The van der Waals surface area contributed by atoms with Crippen LogP contribution in [0.15, 0.2) is 48.5 Å². The normalized spacial score (nSPS) is 12.3. The van der Waals surface area contributed by atoms with Crippen LogP contribution in [0, 0.1) is 5.82 Å². The van der Waals surface area contributed by atoms with Crippen LogP contribution in [-0.2, 0) is 17.9 Å². The summed E-state index contributed by atoms with van der Waals surface area (Å²) in [7, 11) is 0. The molecule has 6 heteroatoms. The molecular weight excluding hydrogens is 309 g/mol. The number of halogens is 1. The van der Waals surface area contributed by atoms with E-state index in [-0.39, 0.29) is 30.9 Å². The molecule has 24 heavy (non-hydrogen) atoms. The number of imidazole rings is 1. The molecule has 0 saturated heterocycles. The molecule has 124 valence electrons. The Labute approximate surface area is 138 Å². The SMILES string of the molecule is CC(NC(=O)Cn1c(CO)nc2ccccc21)c1ccc(F)cc1. The van der Waals surface area contributed by atoms with Crippen molar-refractivity contribution >= 4 is 16.9 Å². The molecular formula is C18H18FN3O2. The van der Waals surface area contributed by atoms with E-state index in [0.29, 0.717) is 5.82 Å². The van der Waals surface area contributed by atoms with Crippen LogP contribution in [0.2, 0.25) is 0 Å². The van der Waals surface area contributed by atoms with Crippen LogP contribution in [0.5, 0.6) is 0 Å². The highest BCUT2D eigenvalue weighted by Crippen LogP contribution is 2.17. The van der Waals surface area contributed by atoms with Gasteiger partial charge in [0.05, 0.1) is 17.1 Å². The number of aliphatic hydroxyl groups is 1. The number of carbonyl (C=O) groups is 1. The van der Waals surface area contributed by atoms with Crippen molar-refractivity contribution in [1.29, 1.82) is 0 Å². The fraction of sp³-hybridized carbons (Fsp3) is 0.222. The summed E-state index contributed by atoms with van der Waals surface area (Å²) in [5.41, 5.74) is 2.36. The quantitative estimate of drug-likeness (QED) is 0.757. The first-order valence-corrected chi connectivity index (χ1v) is 7.68. The molecule has 0 aliphatic rings. The van der Waals surface area contributed by atoms with E-state index in [1.54, 1.807) is 16.7 Å². The second-order valence-corrected chi connectivity index (χ2v) is 5.60. The Balaban J connectivity index is 1.76. The smallest absolute Gasteiger partial charge is 0.240 e. The first kappa shape index (κ1) is 16.1. The van der Waals surface area contributed by atoms with Crippen LogP contribution < -0.4 is 5.32 Å². The van der Waals surface area contributed by atoms with Crippen LogP contribution in [0.25, 0.3) is 11.0 Å². The lowest BCUT2D eigenvalue weighted by Gasteiger charge is -2.15. The Hall–Kier alpha value is -2.73. The molecule has 3 aromatic rings. The second-order valence-electron chi connectivity index (χ2n) is 5.60. The first-order valence-electron chi connectivity index (χ1n) is 7.68. The van der Waals surface area contributed by atoms with Crippen molar-refractivity contribution in [1.82, 2.24) is 14.9 Å². The number of nitrogens with one attached hydrogen (secondary N) is 1. The number of benzene rings is 2. The summed E-state index contributed by atoms with van der Waals surface area (Å²) < 4.78 is 14.7. The molecule has 2 N–H and O–H groups in total. The van der Waals surface area contributed by atoms with E-state index in [2.05, 4.69) is 10.3 Å². The predicted octanol–water partition coefficient (Wildman–Crippen LogP) is 2.55. The Morgan fingerprint density at radius 2 is 1.96 bits per heavy atom. The molecule has 1 unspecified atom stereocenters. The fourth-order valence-electron chi connectivity index (χ4n) is 2.69. The van der Waals surface area contributed by atoms with Crippen LogP contribution in [0.3, 0.4) is 0 Å². The van der Waals surface area contributed by atoms with Gasteiger partial charge in [0.1, 0.15) is 24.8 Å². The maximum atomic E-state index is 13.0. The van der Waals surface area contributed by atoms with Crippen molar-refractivity contribution in [3.63, 3.8) is 0 Å². The first-order chi connectivity index (χ1) is 11.6. The van der Waals surface area contributed by atoms with Crippen molar-refractivity contribution in [3.8, 4) is 0 Å². The van der Waals surface area contributed by atoms with Gasteiger partial charge in [0.25, 0.3) is 0 Å². The predicted molar refractivity (Wildman–Crippen MR) is 88.6 cm³/mol. The Bertz CT molecular complexity index is 858. The lowest BCUT2D eigenvalue weighted by molar-refractivity contribution is -0.122. The minimum Gasteiger partial charge on any atom is -0.388 e. The van der Waals surface area contributed by atoms with Gasteiger partial charge >= 0.3 is 0 Å². The number of hydrogen-bond donors (Lipinski definition) is 2. The summed E-state index contributed by atoms with van der Waals surface area (Å²) in [5, 5.41) is 12.3. The molecule has 0 saturated carbocycles. The highest BCUT2D eigenvalue weighted by Gasteiger charge is 2.15. The fourth-order valence-corrected chi connectivity index (χ4v) is 2.69. The molecule has 2 aromatic carbocycles. The Morgan fingerprint density at radius 1 is 1.25 bits per heavy atom. The maximum absolute atomic E-state index is 13.0. The van der Waals surface area contributed by atoms with E-state index in [4.69, 9.17) is 0 Å². The van der Waals surface area contributed by atoms with Gasteiger partial charge < -0.3 is 15.0 Å². The third-order valence-corrected chi connectivity index (χ3v) is 3.92. The molecule has 1 aromatic heterocycles. The molecule has 0 aliphatic carbocycles. The average molecular weight is 327 g/mol. The highest BCUT2D eigenvalue weighted by atomic mass is 19.1. The molecule has 5 nitrogen and oxygen atoms in total. The standard InChI is InChI=1S/C18H18FN3O2/c1-12(13-6-8-14(19)9-7-13)20-18(24)10-22-16-5-3-2-4-15(16)21-17(22)11-23/h2-9,12,23H,10-11H2,1H3,(H,20,24). The van der Waals surface area contributed by atoms with Crippen molar-refractivity contribution in [2.24, 2.45) is 0 Å². The van der Waals surface area contributed by atoms with E-state index in [0.717, 1.165) is 16.6 Å². The van der Waals surface area contributed by atoms with Gasteiger partial charge in [-0.1, -0.05) is 24.3 Å². The molecule has 1 heterocycles. The molecule has 0 bridgehead atoms. The molecule has 0 fully saturated rings. The van der Waals surface area contributed by atoms with Gasteiger partial charge in [0.15, 0.2) is 0 Å². The number of carbonyl (C=O) groups excluding carboxylic acids is 1. The highest BCUT2D eigenvalue weighted by molar-refractivity contribution is 5.81. The summed E-state index contributed by atoms with van der Waals surface area (Å²) in [6, 6.07) is 13.2. The molecule has 0 radical (unpaired) electrons. The molecule has 1 amide bonds. The summed E-state index contributed by atoms with van der Waals surface area (Å²) >= 11 is 0. The third kappa shape index (κ3) is 3.28. The zero-order chi connectivity index (χ0) is 17.1. The van der Waals surface area contributed by atoms with E-state index >= 15 is 0 Å². The molecule has 3 rings (SSSR count). The number of nitrogens with zero attached hydrogens (tertiary/aromatic N) is 2. The third-order valence-electron chi connectivity index (χ3n) is 3.92. The Kier molecular flexibility index (Phi) is 4.57. The molecule has 0 aliphatic heterocycles. The number of para-hydroxylation sites is 2. The minimum absolute atomic E-state index is 0.0575. The lowest BCUT2D eigenvalue weighted by atomic mass is 10.1. The van der Waals surface area contributed by atoms with Crippen LogP contribution >= 0.6 is 0 Å². The second kappa shape index (κ2) is 6.80. The van der Waals surface area contributed by atoms with Crippen LogP contribution in [-0.4, -0.2) is 20.6 Å². The van der Waals surface area contributed by atoms with Crippen molar-refractivity contribution in [3.05, 3.63) is 65.7 Å². The van der Waals surface area contributed by atoms with E-state index in [1.165, 1.54) is 12.1 Å². The largest absolute Gasteiger partial charge is 0.388 e. The van der Waals surface area contributed by atoms with Crippen molar-refractivity contribution in [2.75, 3.05) is 0 Å². The van der Waals surface area contributed by atoms with Gasteiger partial charge in [-0.3, -0.25) is 4.79 Å². The number of amides is 1. The zero-order valence-electron chi connectivity index (χ0n) is 13.2. The average Bonchev–Trinajstić information content (AvgIpc) is 2.93. The molecule has 0 spiro atoms. The van der Waals surface area contributed by atoms with E-state index in [1.807, 2.05) is 31.2 Å². The van der Waals surface area contributed by atoms with Gasteiger partial charge in [-0.15, -0.1) is 0 Å². The zero-order valence-corrected chi connectivity index (χ0v) is 13.2. The van der Waals surface area contributed by atoms with Crippen LogP contribution in [0.4, 0.5) is 4.39 Å². The number of aliphatic hydroxyl groups excluding tert-OH is 1. The maximum Gasteiger partial charge on any atom is 0.240 e. The topological polar surface area (TPSA) is 67.2 Å². The summed E-state index contributed by atoms with van der Waals surface area (Å²) in [5.74, 6) is -0.0692. The lowest BCUT2D eigenvalue weighted by Crippen LogP contribution is -2.30. The number of fused-ring (bicyclic) bond motifs is 1. The van der Waals surface area contributed by atoms with Crippen LogP contribution in [0.1, 0.15) is 24.4 Å². The summed E-state index contributed by atoms with van der Waals surface area (Å²) in [6.45, 7) is 1.65. The monoisotopic (exact) mass is 327 g/mol. The van der Waals surface area contributed by atoms with Gasteiger partial charge in [-0.2, -0.15) is 0 Å². The van der Waals surface area contributed by atoms with E-state index < -0.39 is 0 Å². The Morgan fingerprint density at radius 3 is 2.67 bits per heavy atom. The van der Waals surface area contributed by atoms with Gasteiger partial charge in [-0.05, 0) is 36.8 Å². The summed E-state index contributed by atoms with van der Waals surface area (Å²) in [4.78, 5) is 16.7. The summed E-state index contributed by atoms with van der Waals surface area (Å²) in [6.07, 6.45) is 0. The molecule has 1 atom stereocenters. The number of rotatable bonds is 5. The van der Waals surface area contributed by atoms with Gasteiger partial charge in [-0.25, -0.2) is 9.37 Å². The van der Waals surface area contributed by atoms with Crippen molar-refractivity contribution < 1.29 is 14.3 Å². The number of hydrogen-bond acceptors (Lipinski definition) is 3. The minimum atomic E-state index is -0.310. The van der Waals surface area contributed by atoms with Gasteiger partial charge in [0.2, 0.25) is 5.91 Å². The van der Waals surface area contributed by atoms with Gasteiger partial charge in [0, 0.05) is 0 Å². The van der Waals surface area contributed by atoms with E-state index in [9.17, 15) is 14.3 Å². The van der Waals surface area contributed by atoms with Crippen molar-refractivity contribution in [2.45, 2.75) is 26.1 Å². The number of aromatic nitrogens is 2.